The van der Waals surface area contributed by atoms with Crippen molar-refractivity contribution in [3.63, 3.8) is 0 Å². The van der Waals surface area contributed by atoms with E-state index in [1.165, 1.54) is 5.01 Å². The predicted molar refractivity (Wildman–Crippen MR) is 110 cm³/mol. The first-order chi connectivity index (χ1) is 14.1. The fourth-order valence-electron chi connectivity index (χ4n) is 3.27. The van der Waals surface area contributed by atoms with Gasteiger partial charge >= 0.3 is 0 Å². The Bertz CT molecular complexity index is 1040. The third-order valence-electron chi connectivity index (χ3n) is 4.74. The lowest BCUT2D eigenvalue weighted by molar-refractivity contribution is -0.127. The first-order valence-corrected chi connectivity index (χ1v) is 9.35. The molecule has 3 aromatic rings. The van der Waals surface area contributed by atoms with E-state index in [1.54, 1.807) is 18.2 Å². The summed E-state index contributed by atoms with van der Waals surface area (Å²) in [5.41, 5.74) is 5.73. The third-order valence-corrected chi connectivity index (χ3v) is 4.74. The molecule has 1 aliphatic rings. The number of amides is 2. The van der Waals surface area contributed by atoms with Crippen LogP contribution in [0, 0.1) is 6.92 Å². The molecular formula is C23H21N3O3. The van der Waals surface area contributed by atoms with Crippen molar-refractivity contribution in [1.82, 2.24) is 10.4 Å². The molecule has 0 bridgehead atoms. The zero-order valence-corrected chi connectivity index (χ0v) is 16.0. The summed E-state index contributed by atoms with van der Waals surface area (Å²) in [5, 5.41) is 4.65. The number of hydrazine groups is 1. The normalized spacial score (nSPS) is 15.3. The van der Waals surface area contributed by atoms with E-state index >= 15 is 0 Å². The monoisotopic (exact) mass is 387 g/mol. The average molecular weight is 387 g/mol. The molecule has 0 saturated carbocycles. The second-order valence-corrected chi connectivity index (χ2v) is 6.77. The Balaban J connectivity index is 1.55. The molecule has 0 saturated heterocycles. The van der Waals surface area contributed by atoms with Gasteiger partial charge in [-0.05, 0) is 36.2 Å². The van der Waals surface area contributed by atoms with Gasteiger partial charge in [-0.3, -0.25) is 15.0 Å². The van der Waals surface area contributed by atoms with Crippen molar-refractivity contribution < 1.29 is 14.3 Å². The van der Waals surface area contributed by atoms with E-state index in [0.717, 1.165) is 16.8 Å². The number of hydrogen-bond acceptors (Lipinski definition) is 4. The fraction of sp³-hybridized carbons (Fsp3) is 0.130. The highest BCUT2D eigenvalue weighted by molar-refractivity contribution is 6.02. The van der Waals surface area contributed by atoms with Crippen molar-refractivity contribution >= 4 is 17.5 Å². The van der Waals surface area contributed by atoms with Crippen LogP contribution in [-0.2, 0) is 4.79 Å². The minimum Gasteiger partial charge on any atom is -0.483 e. The van der Waals surface area contributed by atoms with E-state index in [4.69, 9.17) is 4.74 Å². The number of nitrogens with zero attached hydrogens (tertiary/aromatic N) is 1. The molecule has 0 fully saturated rings. The van der Waals surface area contributed by atoms with Gasteiger partial charge in [-0.25, -0.2) is 5.01 Å². The molecule has 2 N–H and O–H groups in total. The number of hydrogen-bond donors (Lipinski definition) is 2. The zero-order chi connectivity index (χ0) is 20.2. The van der Waals surface area contributed by atoms with Gasteiger partial charge in [0.2, 0.25) is 0 Å². The molecule has 6 heteroatoms. The van der Waals surface area contributed by atoms with Gasteiger partial charge in [0.25, 0.3) is 11.8 Å². The standard InChI is InChI=1S/C23H21N3O3/c1-16-9-5-8-14-20(16)29-15-21(27)25-26-22(17-10-3-2-4-11-17)24-19-13-7-6-12-18(19)23(26)28/h2-14,22,24H,15H2,1H3,(H,25,27). The van der Waals surface area contributed by atoms with E-state index in [2.05, 4.69) is 10.7 Å². The SMILES string of the molecule is Cc1ccccc1OCC(=O)NN1C(=O)c2ccccc2NC1c1ccccc1. The Kier molecular flexibility index (Phi) is 5.16. The Morgan fingerprint density at radius 1 is 1.00 bits per heavy atom. The van der Waals surface area contributed by atoms with Crippen molar-refractivity contribution in [2.75, 3.05) is 11.9 Å². The zero-order valence-electron chi connectivity index (χ0n) is 16.0. The van der Waals surface area contributed by atoms with Crippen LogP contribution in [0.15, 0.2) is 78.9 Å². The number of benzene rings is 3. The molecule has 29 heavy (non-hydrogen) atoms. The molecule has 146 valence electrons. The molecule has 1 heterocycles. The minimum absolute atomic E-state index is 0.197. The van der Waals surface area contributed by atoms with Gasteiger partial charge in [0.05, 0.1) is 5.56 Å². The van der Waals surface area contributed by atoms with Crippen molar-refractivity contribution in [3.8, 4) is 5.75 Å². The summed E-state index contributed by atoms with van der Waals surface area (Å²) in [7, 11) is 0. The number of fused-ring (bicyclic) bond motifs is 1. The molecule has 2 amide bonds. The fourth-order valence-corrected chi connectivity index (χ4v) is 3.27. The smallest absolute Gasteiger partial charge is 0.276 e. The highest BCUT2D eigenvalue weighted by Gasteiger charge is 2.34. The van der Waals surface area contributed by atoms with E-state index in [0.29, 0.717) is 11.3 Å². The number of nitrogens with one attached hydrogen (secondary N) is 2. The van der Waals surface area contributed by atoms with Crippen molar-refractivity contribution in [2.24, 2.45) is 0 Å². The van der Waals surface area contributed by atoms with Crippen LogP contribution in [0.2, 0.25) is 0 Å². The number of ether oxygens (including phenoxy) is 1. The maximum atomic E-state index is 13.1. The second-order valence-electron chi connectivity index (χ2n) is 6.77. The van der Waals surface area contributed by atoms with Gasteiger partial charge in [-0.2, -0.15) is 0 Å². The molecule has 1 atom stereocenters. The van der Waals surface area contributed by atoms with Gasteiger partial charge in [-0.15, -0.1) is 0 Å². The van der Waals surface area contributed by atoms with Crippen LogP contribution in [0.1, 0.15) is 27.7 Å². The number of aryl methyl sites for hydroxylation is 1. The Hall–Kier alpha value is -3.80. The highest BCUT2D eigenvalue weighted by atomic mass is 16.5. The molecule has 0 radical (unpaired) electrons. The predicted octanol–water partition coefficient (Wildman–Crippen LogP) is 3.67. The molecule has 1 aliphatic heterocycles. The molecular weight excluding hydrogens is 366 g/mol. The molecule has 1 unspecified atom stereocenters. The maximum absolute atomic E-state index is 13.1. The van der Waals surface area contributed by atoms with Gasteiger partial charge in [0, 0.05) is 5.69 Å². The van der Waals surface area contributed by atoms with Crippen molar-refractivity contribution in [2.45, 2.75) is 13.1 Å². The van der Waals surface area contributed by atoms with Gasteiger partial charge in [-0.1, -0.05) is 60.7 Å². The van der Waals surface area contributed by atoms with E-state index < -0.39 is 12.1 Å². The largest absolute Gasteiger partial charge is 0.483 e. The van der Waals surface area contributed by atoms with Crippen LogP contribution in [-0.4, -0.2) is 23.4 Å². The quantitative estimate of drug-likeness (QED) is 0.701. The van der Waals surface area contributed by atoms with Crippen LogP contribution in [0.4, 0.5) is 5.69 Å². The van der Waals surface area contributed by atoms with Gasteiger partial charge < -0.3 is 10.1 Å². The maximum Gasteiger partial charge on any atom is 0.276 e. The topological polar surface area (TPSA) is 70.7 Å². The van der Waals surface area contributed by atoms with Crippen LogP contribution in [0.5, 0.6) is 5.75 Å². The van der Waals surface area contributed by atoms with Crippen molar-refractivity contribution in [1.29, 1.82) is 0 Å². The van der Waals surface area contributed by atoms with E-state index in [1.807, 2.05) is 67.6 Å². The minimum atomic E-state index is -0.527. The number of carbonyl (C=O) groups is 2. The van der Waals surface area contributed by atoms with Crippen LogP contribution in [0.25, 0.3) is 0 Å². The van der Waals surface area contributed by atoms with Crippen molar-refractivity contribution in [3.05, 3.63) is 95.6 Å². The van der Waals surface area contributed by atoms with Crippen LogP contribution in [0.3, 0.4) is 0 Å². The molecule has 0 aliphatic carbocycles. The number of anilines is 1. The van der Waals surface area contributed by atoms with Gasteiger partial charge in [0.1, 0.15) is 11.9 Å². The average Bonchev–Trinajstić information content (AvgIpc) is 2.75. The summed E-state index contributed by atoms with van der Waals surface area (Å²) in [5.74, 6) is -0.0585. The number of rotatable bonds is 5. The van der Waals surface area contributed by atoms with E-state index in [-0.39, 0.29) is 12.5 Å². The van der Waals surface area contributed by atoms with Gasteiger partial charge in [0.15, 0.2) is 6.61 Å². The number of carbonyl (C=O) groups excluding carboxylic acids is 2. The molecule has 0 spiro atoms. The molecule has 3 aromatic carbocycles. The van der Waals surface area contributed by atoms with Crippen LogP contribution >= 0.6 is 0 Å². The first-order valence-electron chi connectivity index (χ1n) is 9.35. The summed E-state index contributed by atoms with van der Waals surface area (Å²) < 4.78 is 5.62. The highest BCUT2D eigenvalue weighted by Crippen LogP contribution is 2.31. The Labute approximate surface area is 169 Å². The van der Waals surface area contributed by atoms with E-state index in [9.17, 15) is 9.59 Å². The number of para-hydroxylation sites is 2. The summed E-state index contributed by atoms with van der Waals surface area (Å²) in [6, 6.07) is 24.2. The summed E-state index contributed by atoms with van der Waals surface area (Å²) in [6.07, 6.45) is -0.527. The first kappa shape index (κ1) is 18.6. The lowest BCUT2D eigenvalue weighted by Gasteiger charge is -2.37. The molecule has 0 aromatic heterocycles. The molecule has 4 rings (SSSR count). The summed E-state index contributed by atoms with van der Waals surface area (Å²) >= 11 is 0. The third kappa shape index (κ3) is 3.91. The summed E-state index contributed by atoms with van der Waals surface area (Å²) in [4.78, 5) is 25.7. The lowest BCUT2D eigenvalue weighted by atomic mass is 10.1. The molecule has 6 nitrogen and oxygen atoms in total. The summed E-state index contributed by atoms with van der Waals surface area (Å²) in [6.45, 7) is 1.71. The lowest BCUT2D eigenvalue weighted by Crippen LogP contribution is -2.53. The van der Waals surface area contributed by atoms with Crippen LogP contribution < -0.4 is 15.5 Å². The Morgan fingerprint density at radius 2 is 1.69 bits per heavy atom. The second kappa shape index (κ2) is 8.06. The Morgan fingerprint density at radius 3 is 2.48 bits per heavy atom.